The molecule has 0 bridgehead atoms. The summed E-state index contributed by atoms with van der Waals surface area (Å²) in [6.45, 7) is 2.87. The number of ether oxygens (including phenoxy) is 3. The normalized spacial score (nSPS) is 26.4. The Hall–Kier alpha value is -0.870. The second kappa shape index (κ2) is 6.09. The van der Waals surface area contributed by atoms with Gasteiger partial charge in [0.05, 0.1) is 31.5 Å². The number of alkyl halides is 3. The lowest BCUT2D eigenvalue weighted by atomic mass is 10.1. The molecule has 1 unspecified atom stereocenters. The summed E-state index contributed by atoms with van der Waals surface area (Å²) in [6, 6.07) is 0. The summed E-state index contributed by atoms with van der Waals surface area (Å²) in [4.78, 5) is 11.2. The molecule has 1 heterocycles. The SMILES string of the molecule is COC(=O)C[C@H]1CC(CS(=O)(=O)C(F)(F)F)OC(C)(C)O1. The number of methoxy groups -OCH3 is 1. The van der Waals surface area contributed by atoms with Crippen molar-refractivity contribution in [2.75, 3.05) is 12.9 Å². The number of sulfone groups is 1. The zero-order chi connectivity index (χ0) is 16.5. The highest BCUT2D eigenvalue weighted by molar-refractivity contribution is 7.92. The van der Waals surface area contributed by atoms with Gasteiger partial charge in [-0.1, -0.05) is 0 Å². The van der Waals surface area contributed by atoms with Gasteiger partial charge in [0, 0.05) is 6.42 Å². The molecule has 1 fully saturated rings. The highest BCUT2D eigenvalue weighted by atomic mass is 32.2. The lowest BCUT2D eigenvalue weighted by molar-refractivity contribution is -0.295. The number of esters is 1. The van der Waals surface area contributed by atoms with Crippen LogP contribution >= 0.6 is 0 Å². The fourth-order valence-electron chi connectivity index (χ4n) is 2.06. The van der Waals surface area contributed by atoms with E-state index in [1.165, 1.54) is 21.0 Å². The lowest BCUT2D eigenvalue weighted by Crippen LogP contribution is -2.48. The molecule has 0 aromatic rings. The molecule has 0 aliphatic carbocycles. The summed E-state index contributed by atoms with van der Waals surface area (Å²) in [5.74, 6) is -3.10. The van der Waals surface area contributed by atoms with E-state index in [1.807, 2.05) is 0 Å². The Morgan fingerprint density at radius 1 is 1.29 bits per heavy atom. The lowest BCUT2D eigenvalue weighted by Gasteiger charge is -2.40. The summed E-state index contributed by atoms with van der Waals surface area (Å²) >= 11 is 0. The molecule has 2 atom stereocenters. The summed E-state index contributed by atoms with van der Waals surface area (Å²) in [7, 11) is -4.14. The van der Waals surface area contributed by atoms with Crippen molar-refractivity contribution in [3.05, 3.63) is 0 Å². The molecule has 6 nitrogen and oxygen atoms in total. The van der Waals surface area contributed by atoms with Gasteiger partial charge in [-0.3, -0.25) is 4.79 Å². The molecule has 0 N–H and O–H groups in total. The highest BCUT2D eigenvalue weighted by Gasteiger charge is 2.49. The third kappa shape index (κ3) is 5.11. The predicted molar refractivity (Wildman–Crippen MR) is 64.9 cm³/mol. The van der Waals surface area contributed by atoms with E-state index in [4.69, 9.17) is 9.47 Å². The predicted octanol–water partition coefficient (Wildman–Crippen LogP) is 1.39. The van der Waals surface area contributed by atoms with Crippen LogP contribution in [0.15, 0.2) is 0 Å². The number of hydrogen-bond donors (Lipinski definition) is 0. The first-order valence-corrected chi connectivity index (χ1v) is 7.73. The zero-order valence-corrected chi connectivity index (χ0v) is 12.6. The Labute approximate surface area is 120 Å². The first-order chi connectivity index (χ1) is 9.36. The van der Waals surface area contributed by atoms with E-state index in [0.717, 1.165) is 0 Å². The number of hydrogen-bond acceptors (Lipinski definition) is 6. The molecule has 21 heavy (non-hydrogen) atoms. The van der Waals surface area contributed by atoms with Gasteiger partial charge >= 0.3 is 11.5 Å². The van der Waals surface area contributed by atoms with Gasteiger partial charge in [-0.25, -0.2) is 8.42 Å². The minimum absolute atomic E-state index is 0.145. The summed E-state index contributed by atoms with van der Waals surface area (Å²) < 4.78 is 74.6. The van der Waals surface area contributed by atoms with Crippen molar-refractivity contribution in [2.45, 2.75) is 50.2 Å². The largest absolute Gasteiger partial charge is 0.497 e. The Balaban J connectivity index is 2.81. The average molecular weight is 334 g/mol. The number of rotatable bonds is 4. The number of carbonyl (C=O) groups excluding carboxylic acids is 1. The first-order valence-electron chi connectivity index (χ1n) is 6.08. The van der Waals surface area contributed by atoms with Crippen molar-refractivity contribution in [3.63, 3.8) is 0 Å². The highest BCUT2D eigenvalue weighted by Crippen LogP contribution is 2.32. The second-order valence-electron chi connectivity index (χ2n) is 5.12. The molecule has 0 aromatic heterocycles. The van der Waals surface area contributed by atoms with Crippen molar-refractivity contribution in [2.24, 2.45) is 0 Å². The molecule has 0 saturated carbocycles. The number of halogens is 3. The van der Waals surface area contributed by atoms with Crippen LogP contribution in [0.3, 0.4) is 0 Å². The Morgan fingerprint density at radius 2 is 1.81 bits per heavy atom. The van der Waals surface area contributed by atoms with Gasteiger partial charge in [0.2, 0.25) is 9.84 Å². The van der Waals surface area contributed by atoms with Crippen LogP contribution in [-0.4, -0.2) is 50.8 Å². The van der Waals surface area contributed by atoms with Gasteiger partial charge in [-0.2, -0.15) is 13.2 Å². The molecule has 124 valence electrons. The monoisotopic (exact) mass is 334 g/mol. The van der Waals surface area contributed by atoms with Crippen LogP contribution < -0.4 is 0 Å². The van der Waals surface area contributed by atoms with Crippen LogP contribution in [0.1, 0.15) is 26.7 Å². The molecule has 1 rings (SSSR count). The van der Waals surface area contributed by atoms with Gasteiger partial charge in [0.25, 0.3) is 0 Å². The van der Waals surface area contributed by atoms with Crippen molar-refractivity contribution in [1.82, 2.24) is 0 Å². The maximum Gasteiger partial charge on any atom is 0.497 e. The molecule has 0 amide bonds. The molecular weight excluding hydrogens is 317 g/mol. The van der Waals surface area contributed by atoms with Gasteiger partial charge in [0.1, 0.15) is 0 Å². The molecule has 10 heteroatoms. The summed E-state index contributed by atoms with van der Waals surface area (Å²) in [6.07, 6.45) is -2.32. The fraction of sp³-hybridized carbons (Fsp3) is 0.909. The van der Waals surface area contributed by atoms with E-state index in [1.54, 1.807) is 0 Å². The fourth-order valence-corrected chi connectivity index (χ4v) is 2.94. The summed E-state index contributed by atoms with van der Waals surface area (Å²) in [5.41, 5.74) is -5.34. The third-order valence-electron chi connectivity index (χ3n) is 2.81. The topological polar surface area (TPSA) is 78.9 Å². The maximum atomic E-state index is 12.4. The Bertz CT molecular complexity index is 485. The van der Waals surface area contributed by atoms with Crippen LogP contribution in [0.25, 0.3) is 0 Å². The van der Waals surface area contributed by atoms with Crippen molar-refractivity contribution >= 4 is 15.8 Å². The van der Waals surface area contributed by atoms with E-state index < -0.39 is 45.1 Å². The Morgan fingerprint density at radius 3 is 2.29 bits per heavy atom. The number of carbonyl (C=O) groups is 1. The van der Waals surface area contributed by atoms with Crippen molar-refractivity contribution < 1.29 is 40.6 Å². The second-order valence-corrected chi connectivity index (χ2v) is 7.15. The molecule has 0 radical (unpaired) electrons. The van der Waals surface area contributed by atoms with E-state index >= 15 is 0 Å². The minimum Gasteiger partial charge on any atom is -0.469 e. The molecular formula is C11H17F3O6S. The van der Waals surface area contributed by atoms with Crippen LogP contribution in [0, 0.1) is 0 Å². The molecule has 1 aliphatic heterocycles. The van der Waals surface area contributed by atoms with Gasteiger partial charge < -0.3 is 14.2 Å². The average Bonchev–Trinajstić information content (AvgIpc) is 2.23. The van der Waals surface area contributed by atoms with Crippen LogP contribution in [0.4, 0.5) is 13.2 Å². The quantitative estimate of drug-likeness (QED) is 0.723. The van der Waals surface area contributed by atoms with Gasteiger partial charge in [0.15, 0.2) is 5.79 Å². The summed E-state index contributed by atoms with van der Waals surface area (Å²) in [5, 5.41) is 0. The van der Waals surface area contributed by atoms with Crippen LogP contribution in [0.5, 0.6) is 0 Å². The molecule has 0 aromatic carbocycles. The first kappa shape index (κ1) is 18.2. The van der Waals surface area contributed by atoms with Crippen LogP contribution in [0.2, 0.25) is 0 Å². The van der Waals surface area contributed by atoms with E-state index in [2.05, 4.69) is 4.74 Å². The smallest absolute Gasteiger partial charge is 0.469 e. The van der Waals surface area contributed by atoms with Crippen LogP contribution in [-0.2, 0) is 28.8 Å². The molecule has 0 spiro atoms. The molecule has 1 aliphatic rings. The van der Waals surface area contributed by atoms with Crippen molar-refractivity contribution in [1.29, 1.82) is 0 Å². The maximum absolute atomic E-state index is 12.4. The minimum atomic E-state index is -5.34. The zero-order valence-electron chi connectivity index (χ0n) is 11.8. The Kier molecular flexibility index (Phi) is 5.27. The molecule has 1 saturated heterocycles. The van der Waals surface area contributed by atoms with Gasteiger partial charge in [-0.15, -0.1) is 0 Å². The van der Waals surface area contributed by atoms with E-state index in [-0.39, 0.29) is 12.8 Å². The third-order valence-corrected chi connectivity index (χ3v) is 4.32. The standard InChI is InChI=1S/C11H17F3O6S/c1-10(2)19-7(5-9(15)18-3)4-8(20-10)6-21(16,17)11(12,13)14/h7-8H,4-6H2,1-3H3/t7-,8?/m1/s1. The van der Waals surface area contributed by atoms with E-state index in [0.29, 0.717) is 0 Å². The van der Waals surface area contributed by atoms with E-state index in [9.17, 15) is 26.4 Å². The van der Waals surface area contributed by atoms with Crippen molar-refractivity contribution in [3.8, 4) is 0 Å². The van der Waals surface area contributed by atoms with Gasteiger partial charge in [-0.05, 0) is 13.8 Å².